The van der Waals surface area contributed by atoms with Crippen molar-refractivity contribution in [2.24, 2.45) is 23.3 Å². The van der Waals surface area contributed by atoms with Gasteiger partial charge in [-0.3, -0.25) is 19.8 Å². The van der Waals surface area contributed by atoms with Crippen LogP contribution < -0.4 is 16.8 Å². The van der Waals surface area contributed by atoms with Crippen molar-refractivity contribution in [2.75, 3.05) is 32.6 Å². The number of ether oxygens (including phenoxy) is 1. The van der Waals surface area contributed by atoms with Crippen LogP contribution in [-0.4, -0.2) is 68.6 Å². The maximum atomic E-state index is 12.8. The number of allylic oxidation sites excluding steroid dienone is 1. The van der Waals surface area contributed by atoms with Crippen LogP contribution in [0, 0.1) is 17.2 Å². The fraction of sp³-hybridized carbons (Fsp3) is 0.400. The molecule has 222 valence electrons. The first-order valence-electron chi connectivity index (χ1n) is 13.4. The summed E-state index contributed by atoms with van der Waals surface area (Å²) in [5.74, 6) is 2.48. The van der Waals surface area contributed by atoms with Crippen molar-refractivity contribution in [1.82, 2.24) is 10.2 Å². The van der Waals surface area contributed by atoms with Gasteiger partial charge in [0.2, 0.25) is 18.7 Å². The van der Waals surface area contributed by atoms with E-state index in [4.69, 9.17) is 19.4 Å². The molecule has 1 fully saturated rings. The van der Waals surface area contributed by atoms with Crippen LogP contribution in [0.2, 0.25) is 0 Å². The van der Waals surface area contributed by atoms with Gasteiger partial charge in [-0.05, 0) is 43.0 Å². The molecule has 5 rings (SSSR count). The molecular weight excluding hydrogens is 542 g/mol. The van der Waals surface area contributed by atoms with E-state index in [0.29, 0.717) is 24.8 Å². The monoisotopic (exact) mass is 583 g/mol. The lowest BCUT2D eigenvalue weighted by Crippen LogP contribution is -2.35. The average molecular weight is 584 g/mol. The Morgan fingerprint density at radius 2 is 1.85 bits per heavy atom. The number of rotatable bonds is 7. The zero-order valence-electron chi connectivity index (χ0n) is 23.9. The predicted molar refractivity (Wildman–Crippen MR) is 166 cm³/mol. The smallest absolute Gasteiger partial charge is 0.227 e. The van der Waals surface area contributed by atoms with Gasteiger partial charge >= 0.3 is 0 Å². The molecule has 1 saturated heterocycles. The highest BCUT2D eigenvalue weighted by atomic mass is 32.2. The third-order valence-corrected chi connectivity index (χ3v) is 7.89. The van der Waals surface area contributed by atoms with E-state index >= 15 is 0 Å². The van der Waals surface area contributed by atoms with Gasteiger partial charge in [0.1, 0.15) is 11.2 Å². The molecule has 6 N–H and O–H groups in total. The normalized spacial score (nSPS) is 19.0. The van der Waals surface area contributed by atoms with Gasteiger partial charge < -0.3 is 30.8 Å². The summed E-state index contributed by atoms with van der Waals surface area (Å²) in [6.07, 6.45) is 5.40. The van der Waals surface area contributed by atoms with E-state index in [-0.39, 0.29) is 18.4 Å². The lowest BCUT2D eigenvalue weighted by atomic mass is 10.1. The van der Waals surface area contributed by atoms with Crippen molar-refractivity contribution in [2.45, 2.75) is 32.7 Å². The zero-order valence-corrected chi connectivity index (χ0v) is 24.7. The molecule has 0 spiro atoms. The molecule has 11 heteroatoms. The summed E-state index contributed by atoms with van der Waals surface area (Å²) in [6.45, 7) is 6.53. The number of para-hydroxylation sites is 1. The van der Waals surface area contributed by atoms with Crippen molar-refractivity contribution in [3.63, 3.8) is 0 Å². The summed E-state index contributed by atoms with van der Waals surface area (Å²) in [4.78, 5) is 34.5. The Hall–Kier alpha value is -3.83. The van der Waals surface area contributed by atoms with Crippen molar-refractivity contribution in [3.05, 3.63) is 59.0 Å². The number of nitrogens with zero attached hydrogens (tertiary/aromatic N) is 1. The molecule has 3 unspecified atom stereocenters. The standard InChI is InChI=1S/C21H23NO3.C7H11NOS.CH4N2.CH3NO/c1-14-9-16(13-24-2)12-22(14)21(23)11-15-7-8-20-18(10-15)17-5-3-4-6-19(17)25-20;1-6-2-7(10-4-6)3-8-5-9;2*2-1-3/h3-8,10,14,16H,9,11-13H2,1-2H3;2,5-6H,3-4H2,1H3,(H,8,9);1H,(H3,2,3);1H,(H2,2,3). The first-order chi connectivity index (χ1) is 19.8. The highest BCUT2D eigenvalue weighted by Gasteiger charge is 2.32. The molecule has 0 saturated carbocycles. The van der Waals surface area contributed by atoms with Gasteiger partial charge in [-0.25, -0.2) is 0 Å². The van der Waals surface area contributed by atoms with Gasteiger partial charge in [-0.1, -0.05) is 37.3 Å². The SMILES string of the molecule is CC1C=C(CNC=O)SC1.COCC1CC(C)N(C(=O)Cc2ccc3oc4ccccc4c3c2)C1.N=CN.NC=O. The largest absolute Gasteiger partial charge is 0.456 e. The lowest BCUT2D eigenvalue weighted by Gasteiger charge is -2.21. The average Bonchev–Trinajstić information content (AvgIpc) is 3.65. The first-order valence-corrected chi connectivity index (χ1v) is 14.3. The van der Waals surface area contributed by atoms with Crippen LogP contribution >= 0.6 is 11.8 Å². The Morgan fingerprint density at radius 1 is 1.17 bits per heavy atom. The number of hydrogen-bond acceptors (Lipinski definition) is 7. The van der Waals surface area contributed by atoms with Crippen molar-refractivity contribution in [1.29, 1.82) is 5.41 Å². The number of amides is 3. The molecular formula is C30H41N5O5S. The quantitative estimate of drug-likeness (QED) is 0.187. The third kappa shape index (κ3) is 10.3. The second kappa shape index (κ2) is 17.8. The second-order valence-corrected chi connectivity index (χ2v) is 10.9. The Labute approximate surface area is 245 Å². The molecule has 0 aliphatic carbocycles. The number of primary amides is 1. The molecule has 41 heavy (non-hydrogen) atoms. The molecule has 1 aromatic heterocycles. The van der Waals surface area contributed by atoms with Gasteiger partial charge in [0.15, 0.2) is 0 Å². The highest BCUT2D eigenvalue weighted by Crippen LogP contribution is 2.30. The van der Waals surface area contributed by atoms with E-state index < -0.39 is 0 Å². The van der Waals surface area contributed by atoms with Gasteiger partial charge in [0, 0.05) is 53.6 Å². The fourth-order valence-electron chi connectivity index (χ4n) is 4.91. The van der Waals surface area contributed by atoms with Crippen LogP contribution in [0.3, 0.4) is 0 Å². The molecule has 2 aliphatic heterocycles. The maximum Gasteiger partial charge on any atom is 0.227 e. The molecule has 2 aromatic carbocycles. The zero-order chi connectivity index (χ0) is 30.2. The number of carbonyl (C=O) groups is 3. The number of hydrogen-bond donors (Lipinski definition) is 4. The number of fused-ring (bicyclic) bond motifs is 3. The predicted octanol–water partition coefficient (Wildman–Crippen LogP) is 3.66. The van der Waals surface area contributed by atoms with Crippen LogP contribution in [-0.2, 0) is 25.5 Å². The minimum Gasteiger partial charge on any atom is -0.456 e. The van der Waals surface area contributed by atoms with E-state index in [1.807, 2.05) is 47.0 Å². The van der Waals surface area contributed by atoms with Crippen LogP contribution in [0.1, 0.15) is 25.8 Å². The molecule has 0 bridgehead atoms. The number of furan rings is 1. The first kappa shape index (κ1) is 33.4. The number of likely N-dealkylation sites (tertiary alicyclic amines) is 1. The second-order valence-electron chi connectivity index (χ2n) is 9.78. The maximum absolute atomic E-state index is 12.8. The molecule has 0 radical (unpaired) electrons. The van der Waals surface area contributed by atoms with E-state index in [2.05, 4.69) is 48.8 Å². The highest BCUT2D eigenvalue weighted by molar-refractivity contribution is 8.03. The summed E-state index contributed by atoms with van der Waals surface area (Å²) < 4.78 is 11.1. The molecule has 3 atom stereocenters. The summed E-state index contributed by atoms with van der Waals surface area (Å²) in [5, 5.41) is 10.7. The minimum absolute atomic E-state index is 0.193. The number of benzene rings is 2. The molecule has 3 amide bonds. The number of nitrogens with two attached hydrogens (primary N) is 2. The summed E-state index contributed by atoms with van der Waals surface area (Å²) in [6, 6.07) is 14.4. The summed E-state index contributed by atoms with van der Waals surface area (Å²) in [7, 11) is 1.72. The van der Waals surface area contributed by atoms with Gasteiger partial charge in [0.05, 0.1) is 19.4 Å². The Kier molecular flexibility index (Phi) is 14.5. The Morgan fingerprint density at radius 3 is 2.49 bits per heavy atom. The minimum atomic E-state index is 0.193. The summed E-state index contributed by atoms with van der Waals surface area (Å²) in [5.41, 5.74) is 11.3. The van der Waals surface area contributed by atoms with Gasteiger partial charge in [-0.15, -0.1) is 11.8 Å². The number of methoxy groups -OCH3 is 1. The topological polar surface area (TPSA) is 165 Å². The molecule has 3 heterocycles. The summed E-state index contributed by atoms with van der Waals surface area (Å²) >= 11 is 1.83. The Bertz CT molecular complexity index is 1300. The third-order valence-electron chi connectivity index (χ3n) is 6.54. The van der Waals surface area contributed by atoms with Crippen LogP contribution in [0.25, 0.3) is 21.9 Å². The van der Waals surface area contributed by atoms with Crippen molar-refractivity contribution in [3.8, 4) is 0 Å². The van der Waals surface area contributed by atoms with Gasteiger partial charge in [-0.2, -0.15) is 0 Å². The van der Waals surface area contributed by atoms with Crippen LogP contribution in [0.15, 0.2) is 57.9 Å². The number of thioether (sulfide) groups is 1. The molecule has 2 aliphatic rings. The van der Waals surface area contributed by atoms with Gasteiger partial charge in [0.25, 0.3) is 0 Å². The van der Waals surface area contributed by atoms with Crippen LogP contribution in [0.4, 0.5) is 0 Å². The van der Waals surface area contributed by atoms with E-state index in [0.717, 1.165) is 65.6 Å². The number of nitrogens with one attached hydrogen (secondary N) is 2. The van der Waals surface area contributed by atoms with Crippen molar-refractivity contribution < 1.29 is 23.5 Å². The van der Waals surface area contributed by atoms with E-state index in [1.54, 1.807) is 7.11 Å². The number of carbonyl (C=O) groups excluding carboxylic acids is 3. The van der Waals surface area contributed by atoms with Crippen LogP contribution in [0.5, 0.6) is 0 Å². The Balaban J connectivity index is 0.000000305. The lowest BCUT2D eigenvalue weighted by molar-refractivity contribution is -0.131. The van der Waals surface area contributed by atoms with E-state index in [9.17, 15) is 9.59 Å². The fourth-order valence-corrected chi connectivity index (χ4v) is 6.00. The van der Waals surface area contributed by atoms with E-state index in [1.165, 1.54) is 4.91 Å². The molecule has 10 nitrogen and oxygen atoms in total. The van der Waals surface area contributed by atoms with Crippen molar-refractivity contribution >= 4 is 58.8 Å². The molecule has 3 aromatic rings.